The molecule has 0 radical (unpaired) electrons. The zero-order chi connectivity index (χ0) is 15.8. The highest BCUT2D eigenvalue weighted by Crippen LogP contribution is 2.08. The number of amides is 2. The van der Waals surface area contributed by atoms with E-state index in [1.165, 1.54) is 0 Å². The van der Waals surface area contributed by atoms with Crippen molar-refractivity contribution in [2.45, 2.75) is 12.6 Å². The monoisotopic (exact) mass is 326 g/mol. The SMILES string of the molecule is O=C(NCC1COCCN1C(=O)CCl)OCc1ccccc1. The van der Waals surface area contributed by atoms with Crippen LogP contribution in [0.1, 0.15) is 5.56 Å². The number of morpholine rings is 1. The molecule has 120 valence electrons. The first-order valence-corrected chi connectivity index (χ1v) is 7.62. The first-order chi connectivity index (χ1) is 10.7. The molecule has 0 aromatic heterocycles. The summed E-state index contributed by atoms with van der Waals surface area (Å²) in [6.45, 7) is 1.82. The van der Waals surface area contributed by atoms with Gasteiger partial charge in [0.15, 0.2) is 0 Å². The predicted molar refractivity (Wildman–Crippen MR) is 81.7 cm³/mol. The molecule has 1 aromatic rings. The Hall–Kier alpha value is -1.79. The molecule has 1 N–H and O–H groups in total. The molecule has 6 nitrogen and oxygen atoms in total. The number of rotatable bonds is 5. The summed E-state index contributed by atoms with van der Waals surface area (Å²) in [7, 11) is 0. The zero-order valence-electron chi connectivity index (χ0n) is 12.2. The van der Waals surface area contributed by atoms with Crippen LogP contribution in [0.3, 0.4) is 0 Å². The molecular weight excluding hydrogens is 308 g/mol. The lowest BCUT2D eigenvalue weighted by Gasteiger charge is -2.35. The first kappa shape index (κ1) is 16.6. The van der Waals surface area contributed by atoms with Crippen LogP contribution in [0, 0.1) is 0 Å². The second-order valence-corrected chi connectivity index (χ2v) is 5.16. The van der Waals surface area contributed by atoms with Crippen molar-refractivity contribution in [3.05, 3.63) is 35.9 Å². The van der Waals surface area contributed by atoms with Crippen LogP contribution in [-0.4, -0.2) is 55.1 Å². The zero-order valence-corrected chi connectivity index (χ0v) is 12.9. The summed E-state index contributed by atoms with van der Waals surface area (Å²) in [6, 6.07) is 9.20. The topological polar surface area (TPSA) is 67.9 Å². The van der Waals surface area contributed by atoms with Crippen LogP contribution in [0.15, 0.2) is 30.3 Å². The number of ether oxygens (including phenoxy) is 2. The molecule has 2 amide bonds. The summed E-state index contributed by atoms with van der Waals surface area (Å²) >= 11 is 5.59. The summed E-state index contributed by atoms with van der Waals surface area (Å²) in [6.07, 6.45) is -0.521. The Kier molecular flexibility index (Phi) is 6.48. The van der Waals surface area contributed by atoms with Gasteiger partial charge in [0.1, 0.15) is 12.5 Å². The van der Waals surface area contributed by atoms with E-state index in [0.29, 0.717) is 19.8 Å². The van der Waals surface area contributed by atoms with Gasteiger partial charge in [-0.15, -0.1) is 11.6 Å². The lowest BCUT2D eigenvalue weighted by Crippen LogP contribution is -2.54. The summed E-state index contributed by atoms with van der Waals surface area (Å²) in [4.78, 5) is 25.1. The maximum Gasteiger partial charge on any atom is 0.407 e. The number of halogens is 1. The fourth-order valence-corrected chi connectivity index (χ4v) is 2.36. The molecule has 1 aliphatic rings. The third kappa shape index (κ3) is 4.89. The van der Waals surface area contributed by atoms with E-state index in [0.717, 1.165) is 5.56 Å². The summed E-state index contributed by atoms with van der Waals surface area (Å²) in [5.74, 6) is -0.232. The lowest BCUT2D eigenvalue weighted by atomic mass is 10.2. The van der Waals surface area contributed by atoms with Crippen LogP contribution < -0.4 is 5.32 Å². The molecule has 1 aliphatic heterocycles. The third-order valence-electron chi connectivity index (χ3n) is 3.36. The van der Waals surface area contributed by atoms with Gasteiger partial charge in [-0.25, -0.2) is 4.79 Å². The smallest absolute Gasteiger partial charge is 0.407 e. The number of alkyl carbamates (subject to hydrolysis) is 1. The molecule has 1 atom stereocenters. The van der Waals surface area contributed by atoms with E-state index in [9.17, 15) is 9.59 Å². The van der Waals surface area contributed by atoms with Gasteiger partial charge in [-0.3, -0.25) is 4.79 Å². The van der Waals surface area contributed by atoms with Gasteiger partial charge in [0.05, 0.1) is 19.3 Å². The Bertz CT molecular complexity index is 498. The second kappa shape index (κ2) is 8.60. The Morgan fingerprint density at radius 2 is 2.14 bits per heavy atom. The number of carbonyl (C=O) groups is 2. The largest absolute Gasteiger partial charge is 0.445 e. The average Bonchev–Trinajstić information content (AvgIpc) is 2.58. The Balaban J connectivity index is 1.75. The van der Waals surface area contributed by atoms with E-state index in [4.69, 9.17) is 21.1 Å². The third-order valence-corrected chi connectivity index (χ3v) is 3.59. The van der Waals surface area contributed by atoms with E-state index in [-0.39, 0.29) is 31.0 Å². The fraction of sp³-hybridized carbons (Fsp3) is 0.467. The van der Waals surface area contributed by atoms with Crippen LogP contribution >= 0.6 is 11.6 Å². The molecule has 1 heterocycles. The van der Waals surface area contributed by atoms with Gasteiger partial charge in [-0.1, -0.05) is 30.3 Å². The van der Waals surface area contributed by atoms with Crippen molar-refractivity contribution in [3.8, 4) is 0 Å². The van der Waals surface area contributed by atoms with E-state index in [1.807, 2.05) is 30.3 Å². The number of hydrogen-bond acceptors (Lipinski definition) is 4. The lowest BCUT2D eigenvalue weighted by molar-refractivity contribution is -0.136. The maximum absolute atomic E-state index is 11.7. The highest BCUT2D eigenvalue weighted by molar-refractivity contribution is 6.27. The summed E-state index contributed by atoms with van der Waals surface area (Å²) in [5, 5.41) is 2.65. The molecule has 22 heavy (non-hydrogen) atoms. The van der Waals surface area contributed by atoms with Crippen LogP contribution in [0.4, 0.5) is 4.79 Å². The van der Waals surface area contributed by atoms with Gasteiger partial charge in [0, 0.05) is 13.1 Å². The minimum Gasteiger partial charge on any atom is -0.445 e. The molecule has 2 rings (SSSR count). The molecule has 0 saturated carbocycles. The highest BCUT2D eigenvalue weighted by atomic mass is 35.5. The minimum atomic E-state index is -0.521. The van der Waals surface area contributed by atoms with Crippen molar-refractivity contribution in [2.24, 2.45) is 0 Å². The number of hydrogen-bond donors (Lipinski definition) is 1. The van der Waals surface area contributed by atoms with Gasteiger partial charge >= 0.3 is 6.09 Å². The molecule has 7 heteroatoms. The van der Waals surface area contributed by atoms with Crippen molar-refractivity contribution >= 4 is 23.6 Å². The van der Waals surface area contributed by atoms with Gasteiger partial charge < -0.3 is 19.7 Å². The number of alkyl halides is 1. The van der Waals surface area contributed by atoms with Crippen LogP contribution in [0.5, 0.6) is 0 Å². The number of carbonyl (C=O) groups excluding carboxylic acids is 2. The van der Waals surface area contributed by atoms with Gasteiger partial charge in [-0.05, 0) is 5.56 Å². The van der Waals surface area contributed by atoms with Gasteiger partial charge in [0.2, 0.25) is 5.91 Å². The van der Waals surface area contributed by atoms with Crippen LogP contribution in [-0.2, 0) is 20.9 Å². The summed E-state index contributed by atoms with van der Waals surface area (Å²) < 4.78 is 10.5. The maximum atomic E-state index is 11.7. The molecular formula is C15H19ClN2O4. The predicted octanol–water partition coefficient (Wildman–Crippen LogP) is 1.38. The fourth-order valence-electron chi connectivity index (χ4n) is 2.20. The Morgan fingerprint density at radius 1 is 1.36 bits per heavy atom. The molecule has 0 bridgehead atoms. The van der Waals surface area contributed by atoms with Crippen molar-refractivity contribution in [1.82, 2.24) is 10.2 Å². The minimum absolute atomic E-state index is 0.0745. The van der Waals surface area contributed by atoms with Crippen molar-refractivity contribution < 1.29 is 19.1 Å². The quantitative estimate of drug-likeness (QED) is 0.830. The normalized spacial score (nSPS) is 17.9. The summed E-state index contributed by atoms with van der Waals surface area (Å²) in [5.41, 5.74) is 0.914. The van der Waals surface area contributed by atoms with Crippen molar-refractivity contribution in [1.29, 1.82) is 0 Å². The Labute approximate surface area is 134 Å². The standard InChI is InChI=1S/C15H19ClN2O4/c16-8-14(19)18-6-7-21-11-13(18)9-17-15(20)22-10-12-4-2-1-3-5-12/h1-5,13H,6-11H2,(H,17,20). The van der Waals surface area contributed by atoms with Crippen molar-refractivity contribution in [3.63, 3.8) is 0 Å². The molecule has 1 fully saturated rings. The van der Waals surface area contributed by atoms with E-state index < -0.39 is 6.09 Å². The highest BCUT2D eigenvalue weighted by Gasteiger charge is 2.27. The average molecular weight is 327 g/mol. The second-order valence-electron chi connectivity index (χ2n) is 4.89. The van der Waals surface area contributed by atoms with E-state index in [2.05, 4.69) is 5.32 Å². The molecule has 0 aliphatic carbocycles. The van der Waals surface area contributed by atoms with Crippen LogP contribution in [0.25, 0.3) is 0 Å². The number of benzene rings is 1. The van der Waals surface area contributed by atoms with Crippen molar-refractivity contribution in [2.75, 3.05) is 32.2 Å². The van der Waals surface area contributed by atoms with Gasteiger partial charge in [-0.2, -0.15) is 0 Å². The first-order valence-electron chi connectivity index (χ1n) is 7.08. The number of nitrogens with zero attached hydrogens (tertiary/aromatic N) is 1. The van der Waals surface area contributed by atoms with E-state index >= 15 is 0 Å². The molecule has 1 unspecified atom stereocenters. The molecule has 1 aromatic carbocycles. The molecule has 1 saturated heterocycles. The van der Waals surface area contributed by atoms with Crippen LogP contribution in [0.2, 0.25) is 0 Å². The molecule has 0 spiro atoms. The van der Waals surface area contributed by atoms with E-state index in [1.54, 1.807) is 4.90 Å². The van der Waals surface area contributed by atoms with Gasteiger partial charge in [0.25, 0.3) is 0 Å². The number of nitrogens with one attached hydrogen (secondary N) is 1. The Morgan fingerprint density at radius 3 is 2.86 bits per heavy atom.